The van der Waals surface area contributed by atoms with E-state index in [2.05, 4.69) is 10.4 Å². The van der Waals surface area contributed by atoms with Gasteiger partial charge < -0.3 is 10.2 Å². The Morgan fingerprint density at radius 1 is 1.32 bits per heavy atom. The first-order chi connectivity index (χ1) is 9.19. The summed E-state index contributed by atoms with van der Waals surface area (Å²) in [6.07, 6.45) is 1.61. The lowest BCUT2D eigenvalue weighted by Crippen LogP contribution is -2.08. The van der Waals surface area contributed by atoms with Gasteiger partial charge in [0.15, 0.2) is 0 Å². The van der Waals surface area contributed by atoms with E-state index in [1.54, 1.807) is 30.5 Å². The Balaban J connectivity index is 1.99. The van der Waals surface area contributed by atoms with Gasteiger partial charge >= 0.3 is 0 Å². The number of nitrogens with one attached hydrogen (secondary N) is 1. The Bertz CT molecular complexity index is 571. The fraction of sp³-hybridized carbons (Fsp3) is 0.0833. The molecule has 1 heterocycles. The summed E-state index contributed by atoms with van der Waals surface area (Å²) in [6.45, 7) is 0.257. The molecule has 0 atom stereocenters. The first kappa shape index (κ1) is 12.8. The van der Waals surface area contributed by atoms with Crippen LogP contribution in [0.2, 0.25) is 0 Å². The van der Waals surface area contributed by atoms with Gasteiger partial charge in [0.25, 0.3) is 5.69 Å². The molecule has 1 aromatic carbocycles. The van der Waals surface area contributed by atoms with Gasteiger partial charge in [-0.25, -0.2) is 0 Å². The van der Waals surface area contributed by atoms with Crippen LogP contribution in [0, 0.1) is 10.1 Å². The maximum absolute atomic E-state index is 10.5. The number of hydrogen-bond acceptors (Lipinski definition) is 6. The highest BCUT2D eigenvalue weighted by molar-refractivity contribution is 5.41. The summed E-state index contributed by atoms with van der Waals surface area (Å²) in [5.74, 6) is 5.83. The smallest absolute Gasteiger partial charge is 0.269 e. The minimum atomic E-state index is -0.457. The number of rotatable bonds is 5. The van der Waals surface area contributed by atoms with Crippen molar-refractivity contribution in [2.75, 3.05) is 5.43 Å². The predicted molar refractivity (Wildman–Crippen MR) is 69.5 cm³/mol. The van der Waals surface area contributed by atoms with Crippen molar-refractivity contribution in [3.05, 3.63) is 58.4 Å². The number of ether oxygens (including phenoxy) is 1. The van der Waals surface area contributed by atoms with E-state index in [1.165, 1.54) is 12.1 Å². The molecule has 0 amide bonds. The number of non-ortho nitro benzene ring substituents is 1. The highest BCUT2D eigenvalue weighted by atomic mass is 16.6. The molecule has 1 aromatic heterocycles. The highest BCUT2D eigenvalue weighted by Crippen LogP contribution is 2.18. The lowest BCUT2D eigenvalue weighted by Gasteiger charge is -2.06. The maximum atomic E-state index is 10.5. The Hall–Kier alpha value is -2.67. The number of benzene rings is 1. The second kappa shape index (κ2) is 5.78. The van der Waals surface area contributed by atoms with Crippen molar-refractivity contribution < 1.29 is 9.66 Å². The summed E-state index contributed by atoms with van der Waals surface area (Å²) in [6, 6.07) is 9.36. The Kier molecular flexibility index (Phi) is 3.89. The van der Waals surface area contributed by atoms with Gasteiger partial charge in [-0.2, -0.15) is 0 Å². The number of nitrogens with two attached hydrogens (primary N) is 1. The minimum absolute atomic E-state index is 0.0276. The third-order valence-electron chi connectivity index (χ3n) is 2.42. The number of pyridine rings is 1. The van der Waals surface area contributed by atoms with Crippen LogP contribution in [0.3, 0.4) is 0 Å². The maximum Gasteiger partial charge on any atom is 0.269 e. The van der Waals surface area contributed by atoms with E-state index in [-0.39, 0.29) is 12.3 Å². The number of nitrogen functional groups attached to an aromatic ring is 1. The largest absolute Gasteiger partial charge is 0.487 e. The second-order valence-electron chi connectivity index (χ2n) is 3.72. The highest BCUT2D eigenvalue weighted by Gasteiger charge is 2.04. The third-order valence-corrected chi connectivity index (χ3v) is 2.42. The van der Waals surface area contributed by atoms with Gasteiger partial charge in [0.05, 0.1) is 16.3 Å². The summed E-state index contributed by atoms with van der Waals surface area (Å²) in [4.78, 5) is 14.2. The van der Waals surface area contributed by atoms with E-state index in [4.69, 9.17) is 10.6 Å². The van der Waals surface area contributed by atoms with Crippen LogP contribution in [-0.2, 0) is 6.61 Å². The van der Waals surface area contributed by atoms with Crippen LogP contribution in [0.25, 0.3) is 0 Å². The molecule has 19 heavy (non-hydrogen) atoms. The predicted octanol–water partition coefficient (Wildman–Crippen LogP) is 1.85. The van der Waals surface area contributed by atoms with Gasteiger partial charge in [0.1, 0.15) is 12.4 Å². The van der Waals surface area contributed by atoms with Gasteiger partial charge in [0.2, 0.25) is 0 Å². The van der Waals surface area contributed by atoms with Crippen LogP contribution >= 0.6 is 0 Å². The second-order valence-corrected chi connectivity index (χ2v) is 3.72. The summed E-state index contributed by atoms with van der Waals surface area (Å²) >= 11 is 0. The molecule has 7 nitrogen and oxygen atoms in total. The van der Waals surface area contributed by atoms with Crippen LogP contribution in [0.4, 0.5) is 11.4 Å². The fourth-order valence-corrected chi connectivity index (χ4v) is 1.47. The number of aromatic nitrogens is 1. The SMILES string of the molecule is NNc1ccnc(COc2ccc([N+](=O)[O-])cc2)c1. The first-order valence-electron chi connectivity index (χ1n) is 5.48. The van der Waals surface area contributed by atoms with Gasteiger partial charge in [-0.1, -0.05) is 0 Å². The van der Waals surface area contributed by atoms with E-state index in [0.717, 1.165) is 5.69 Å². The van der Waals surface area contributed by atoms with Crippen molar-refractivity contribution in [2.45, 2.75) is 6.61 Å². The Labute approximate surface area is 109 Å². The normalized spacial score (nSPS) is 9.95. The van der Waals surface area contributed by atoms with Crippen LogP contribution in [0.5, 0.6) is 5.75 Å². The molecule has 0 aliphatic heterocycles. The van der Waals surface area contributed by atoms with E-state index < -0.39 is 4.92 Å². The lowest BCUT2D eigenvalue weighted by molar-refractivity contribution is -0.384. The minimum Gasteiger partial charge on any atom is -0.487 e. The zero-order valence-electron chi connectivity index (χ0n) is 9.95. The van der Waals surface area contributed by atoms with Gasteiger partial charge in [-0.3, -0.25) is 20.9 Å². The zero-order valence-corrected chi connectivity index (χ0v) is 9.95. The summed E-state index contributed by atoms with van der Waals surface area (Å²) < 4.78 is 5.47. The van der Waals surface area contributed by atoms with E-state index >= 15 is 0 Å². The molecule has 3 N–H and O–H groups in total. The molecular formula is C12H12N4O3. The molecule has 7 heteroatoms. The molecule has 0 saturated carbocycles. The van der Waals surface area contributed by atoms with Crippen molar-refractivity contribution in [1.82, 2.24) is 4.98 Å². The number of hydrazine groups is 1. The van der Waals surface area contributed by atoms with Gasteiger partial charge in [-0.15, -0.1) is 0 Å². The molecule has 0 saturated heterocycles. The monoisotopic (exact) mass is 260 g/mol. The summed E-state index contributed by atoms with van der Waals surface area (Å²) in [5, 5.41) is 10.5. The molecular weight excluding hydrogens is 248 g/mol. The molecule has 0 radical (unpaired) electrons. The fourth-order valence-electron chi connectivity index (χ4n) is 1.47. The molecule has 0 unspecified atom stereocenters. The molecule has 0 fully saturated rings. The molecule has 2 aromatic rings. The van der Waals surface area contributed by atoms with Crippen LogP contribution in [-0.4, -0.2) is 9.91 Å². The molecule has 0 aliphatic carbocycles. The number of nitrogens with zero attached hydrogens (tertiary/aromatic N) is 2. The quantitative estimate of drug-likeness (QED) is 0.483. The first-order valence-corrected chi connectivity index (χ1v) is 5.48. The summed E-state index contributed by atoms with van der Waals surface area (Å²) in [5.41, 5.74) is 3.98. The molecule has 98 valence electrons. The number of nitro groups is 1. The zero-order chi connectivity index (χ0) is 13.7. The lowest BCUT2D eigenvalue weighted by atomic mass is 10.3. The van der Waals surface area contributed by atoms with Crippen molar-refractivity contribution in [3.63, 3.8) is 0 Å². The summed E-state index contributed by atoms with van der Waals surface area (Å²) in [7, 11) is 0. The molecule has 2 rings (SSSR count). The molecule has 0 bridgehead atoms. The molecule has 0 spiro atoms. The van der Waals surface area contributed by atoms with Crippen LogP contribution in [0.1, 0.15) is 5.69 Å². The van der Waals surface area contributed by atoms with E-state index in [0.29, 0.717) is 11.4 Å². The van der Waals surface area contributed by atoms with Crippen molar-refractivity contribution >= 4 is 11.4 Å². The number of anilines is 1. The molecule has 0 aliphatic rings. The van der Waals surface area contributed by atoms with Crippen molar-refractivity contribution in [2.24, 2.45) is 5.84 Å². The van der Waals surface area contributed by atoms with Crippen LogP contribution in [0.15, 0.2) is 42.6 Å². The number of hydrogen-bond donors (Lipinski definition) is 2. The topological polar surface area (TPSA) is 103 Å². The Morgan fingerprint density at radius 2 is 2.05 bits per heavy atom. The van der Waals surface area contributed by atoms with E-state index in [1.807, 2.05) is 0 Å². The van der Waals surface area contributed by atoms with Crippen molar-refractivity contribution in [1.29, 1.82) is 0 Å². The Morgan fingerprint density at radius 3 is 2.68 bits per heavy atom. The van der Waals surface area contributed by atoms with E-state index in [9.17, 15) is 10.1 Å². The third kappa shape index (κ3) is 3.39. The standard InChI is InChI=1S/C12H12N4O3/c13-15-9-5-6-14-10(7-9)8-19-12-3-1-11(2-4-12)16(17)18/h1-7H,8,13H2,(H,14,15). The van der Waals surface area contributed by atoms with Gasteiger partial charge in [-0.05, 0) is 24.3 Å². The average Bonchev–Trinajstić information content (AvgIpc) is 2.46. The average molecular weight is 260 g/mol. The van der Waals surface area contributed by atoms with Gasteiger partial charge in [0, 0.05) is 18.3 Å². The number of nitro benzene ring substituents is 1. The van der Waals surface area contributed by atoms with Crippen LogP contribution < -0.4 is 16.0 Å². The van der Waals surface area contributed by atoms with Crippen molar-refractivity contribution in [3.8, 4) is 5.75 Å².